The van der Waals surface area contributed by atoms with Crippen LogP contribution in [0.25, 0.3) is 0 Å². The van der Waals surface area contributed by atoms with Crippen LogP contribution in [0.4, 0.5) is 0 Å². The van der Waals surface area contributed by atoms with Gasteiger partial charge in [-0.05, 0) is 30.4 Å². The van der Waals surface area contributed by atoms with Crippen molar-refractivity contribution < 1.29 is 0 Å². The van der Waals surface area contributed by atoms with Gasteiger partial charge in [0.2, 0.25) is 0 Å². The molecule has 0 aliphatic heterocycles. The topological polar surface area (TPSA) is 0 Å². The Hall–Kier alpha value is 0.350. The van der Waals surface area contributed by atoms with Crippen LogP contribution >= 0.6 is 11.8 Å². The number of thioether (sulfide) groups is 1. The molecule has 1 aliphatic rings. The SMILES string of the molecule is CSC1CC(C(C)(C)C)C1. The lowest BCUT2D eigenvalue weighted by Crippen LogP contribution is -2.35. The summed E-state index contributed by atoms with van der Waals surface area (Å²) in [6, 6.07) is 0. The molecule has 1 saturated carbocycles. The Bertz CT molecular complexity index is 106. The van der Waals surface area contributed by atoms with E-state index in [2.05, 4.69) is 27.0 Å². The molecule has 0 bridgehead atoms. The summed E-state index contributed by atoms with van der Waals surface area (Å²) in [6.45, 7) is 7.07. The van der Waals surface area contributed by atoms with Crippen LogP contribution in [0.3, 0.4) is 0 Å². The lowest BCUT2D eigenvalue weighted by Gasteiger charge is -2.43. The molecule has 10 heavy (non-hydrogen) atoms. The lowest BCUT2D eigenvalue weighted by molar-refractivity contribution is 0.148. The minimum Gasteiger partial charge on any atom is -0.162 e. The van der Waals surface area contributed by atoms with E-state index in [1.54, 1.807) is 0 Å². The normalized spacial score (nSPS) is 33.6. The van der Waals surface area contributed by atoms with Gasteiger partial charge in [-0.3, -0.25) is 0 Å². The van der Waals surface area contributed by atoms with Crippen molar-refractivity contribution in [3.63, 3.8) is 0 Å². The molecule has 0 aromatic rings. The second kappa shape index (κ2) is 2.77. The third-order valence-corrected chi connectivity index (χ3v) is 3.70. The zero-order valence-corrected chi connectivity index (χ0v) is 8.29. The Morgan fingerprint density at radius 2 is 1.70 bits per heavy atom. The van der Waals surface area contributed by atoms with Crippen molar-refractivity contribution in [2.45, 2.75) is 38.9 Å². The summed E-state index contributed by atoms with van der Waals surface area (Å²) in [6.07, 6.45) is 5.12. The number of hydrogen-bond donors (Lipinski definition) is 0. The Balaban J connectivity index is 2.26. The smallest absolute Gasteiger partial charge is 0.00499 e. The minimum absolute atomic E-state index is 0.562. The maximum atomic E-state index is 2.36. The summed E-state index contributed by atoms with van der Waals surface area (Å²) in [7, 11) is 0. The lowest BCUT2D eigenvalue weighted by atomic mass is 9.68. The van der Waals surface area contributed by atoms with Crippen LogP contribution in [0.1, 0.15) is 33.6 Å². The van der Waals surface area contributed by atoms with Gasteiger partial charge in [0.1, 0.15) is 0 Å². The van der Waals surface area contributed by atoms with Gasteiger partial charge >= 0.3 is 0 Å². The highest BCUT2D eigenvalue weighted by Crippen LogP contribution is 2.45. The largest absolute Gasteiger partial charge is 0.162 e. The average molecular weight is 158 g/mol. The van der Waals surface area contributed by atoms with Crippen LogP contribution in [0.15, 0.2) is 0 Å². The van der Waals surface area contributed by atoms with E-state index in [0.717, 1.165) is 11.2 Å². The molecule has 0 aromatic carbocycles. The van der Waals surface area contributed by atoms with E-state index in [-0.39, 0.29) is 0 Å². The fraction of sp³-hybridized carbons (Fsp3) is 1.00. The molecule has 0 radical (unpaired) electrons. The zero-order chi connectivity index (χ0) is 7.78. The van der Waals surface area contributed by atoms with Gasteiger partial charge in [-0.1, -0.05) is 20.8 Å². The van der Waals surface area contributed by atoms with E-state index < -0.39 is 0 Å². The van der Waals surface area contributed by atoms with E-state index in [9.17, 15) is 0 Å². The van der Waals surface area contributed by atoms with Gasteiger partial charge < -0.3 is 0 Å². The van der Waals surface area contributed by atoms with Crippen LogP contribution in [0.2, 0.25) is 0 Å². The van der Waals surface area contributed by atoms with Gasteiger partial charge in [-0.2, -0.15) is 11.8 Å². The summed E-state index contributed by atoms with van der Waals surface area (Å²) < 4.78 is 0. The standard InChI is InChI=1S/C9H18S/c1-9(2,3)7-5-8(6-7)10-4/h7-8H,5-6H2,1-4H3. The van der Waals surface area contributed by atoms with Crippen molar-refractivity contribution >= 4 is 11.8 Å². The average Bonchev–Trinajstić information content (AvgIpc) is 1.57. The van der Waals surface area contributed by atoms with Gasteiger partial charge in [0, 0.05) is 5.25 Å². The molecule has 1 heteroatoms. The van der Waals surface area contributed by atoms with Crippen LogP contribution < -0.4 is 0 Å². The number of hydrogen-bond acceptors (Lipinski definition) is 1. The van der Waals surface area contributed by atoms with Crippen LogP contribution in [-0.4, -0.2) is 11.5 Å². The van der Waals surface area contributed by atoms with Gasteiger partial charge in [0.05, 0.1) is 0 Å². The van der Waals surface area contributed by atoms with Gasteiger partial charge in [0.25, 0.3) is 0 Å². The van der Waals surface area contributed by atoms with E-state index in [0.29, 0.717) is 5.41 Å². The van der Waals surface area contributed by atoms with Gasteiger partial charge in [0.15, 0.2) is 0 Å². The fourth-order valence-electron chi connectivity index (χ4n) is 1.47. The molecule has 1 aliphatic carbocycles. The van der Waals surface area contributed by atoms with E-state index in [1.165, 1.54) is 12.8 Å². The monoisotopic (exact) mass is 158 g/mol. The van der Waals surface area contributed by atoms with E-state index in [1.807, 2.05) is 11.8 Å². The highest BCUT2D eigenvalue weighted by Gasteiger charge is 2.36. The zero-order valence-electron chi connectivity index (χ0n) is 7.48. The van der Waals surface area contributed by atoms with Crippen molar-refractivity contribution in [2.75, 3.05) is 6.26 Å². The third-order valence-electron chi connectivity index (χ3n) is 2.65. The maximum Gasteiger partial charge on any atom is 0.00499 e. The highest BCUT2D eigenvalue weighted by atomic mass is 32.2. The highest BCUT2D eigenvalue weighted by molar-refractivity contribution is 7.99. The maximum absolute atomic E-state index is 2.36. The van der Waals surface area contributed by atoms with Crippen molar-refractivity contribution in [3.05, 3.63) is 0 Å². The quantitative estimate of drug-likeness (QED) is 0.565. The molecule has 0 amide bonds. The Labute approximate surface area is 68.8 Å². The molecular formula is C9H18S. The molecule has 0 atom stereocenters. The second-order valence-electron chi connectivity index (χ2n) is 4.39. The predicted octanol–water partition coefficient (Wildman–Crippen LogP) is 3.17. The minimum atomic E-state index is 0.562. The van der Waals surface area contributed by atoms with Gasteiger partial charge in [-0.25, -0.2) is 0 Å². The molecule has 1 rings (SSSR count). The molecule has 60 valence electrons. The fourth-order valence-corrected chi connectivity index (χ4v) is 2.31. The molecule has 1 fully saturated rings. The summed E-state index contributed by atoms with van der Waals surface area (Å²) in [5, 5.41) is 0.976. The van der Waals surface area contributed by atoms with Crippen LogP contribution in [0, 0.1) is 11.3 Å². The van der Waals surface area contributed by atoms with Crippen LogP contribution in [-0.2, 0) is 0 Å². The first-order valence-corrected chi connectivity index (χ1v) is 5.35. The van der Waals surface area contributed by atoms with Crippen molar-refractivity contribution in [3.8, 4) is 0 Å². The molecule has 0 saturated heterocycles. The van der Waals surface area contributed by atoms with Crippen molar-refractivity contribution in [1.29, 1.82) is 0 Å². The molecule has 0 spiro atoms. The molecule has 0 heterocycles. The summed E-state index contributed by atoms with van der Waals surface area (Å²) in [5.41, 5.74) is 0.562. The number of rotatable bonds is 1. The Kier molecular flexibility index (Phi) is 2.34. The summed E-state index contributed by atoms with van der Waals surface area (Å²) in [4.78, 5) is 0. The Morgan fingerprint density at radius 1 is 1.20 bits per heavy atom. The first kappa shape index (κ1) is 8.45. The molecule has 0 aromatic heterocycles. The van der Waals surface area contributed by atoms with E-state index >= 15 is 0 Å². The summed E-state index contributed by atoms with van der Waals surface area (Å²) >= 11 is 2.03. The first-order chi connectivity index (χ1) is 4.54. The first-order valence-electron chi connectivity index (χ1n) is 4.07. The van der Waals surface area contributed by atoms with E-state index in [4.69, 9.17) is 0 Å². The molecular weight excluding hydrogens is 140 g/mol. The molecule has 0 N–H and O–H groups in total. The third kappa shape index (κ3) is 1.69. The predicted molar refractivity (Wildman–Crippen MR) is 49.5 cm³/mol. The summed E-state index contributed by atoms with van der Waals surface area (Å²) in [5.74, 6) is 0.991. The molecule has 0 unspecified atom stereocenters. The van der Waals surface area contributed by atoms with Crippen molar-refractivity contribution in [1.82, 2.24) is 0 Å². The van der Waals surface area contributed by atoms with Crippen LogP contribution in [0.5, 0.6) is 0 Å². The second-order valence-corrected chi connectivity index (χ2v) is 5.53. The molecule has 0 nitrogen and oxygen atoms in total. The Morgan fingerprint density at radius 3 is 2.00 bits per heavy atom. The van der Waals surface area contributed by atoms with Gasteiger partial charge in [-0.15, -0.1) is 0 Å². The van der Waals surface area contributed by atoms with Crippen molar-refractivity contribution in [2.24, 2.45) is 11.3 Å².